The largest absolute Gasteiger partial charge is 0.255 e. The molecule has 0 atom stereocenters. The summed E-state index contributed by atoms with van der Waals surface area (Å²) in [5.41, 5.74) is 1.37. The van der Waals surface area contributed by atoms with E-state index in [-0.39, 0.29) is 0 Å². The van der Waals surface area contributed by atoms with Crippen molar-refractivity contribution in [1.29, 1.82) is 0 Å². The topological polar surface area (TPSA) is 12.9 Å². The van der Waals surface area contributed by atoms with E-state index in [4.69, 9.17) is 0 Å². The smallest absolute Gasteiger partial charge is 0.0888 e. The van der Waals surface area contributed by atoms with Gasteiger partial charge in [0, 0.05) is 6.20 Å². The number of unbranched alkanes of at least 4 members (excludes halogenated alkanes) is 5. The van der Waals surface area contributed by atoms with Crippen LogP contribution in [0.1, 0.15) is 51.0 Å². The summed E-state index contributed by atoms with van der Waals surface area (Å²) in [4.78, 5) is 3.89. The van der Waals surface area contributed by atoms with Crippen molar-refractivity contribution in [2.75, 3.05) is 0 Å². The Morgan fingerprint density at radius 2 is 1.93 bits per heavy atom. The molecule has 0 aliphatic carbocycles. The molecule has 0 aliphatic rings. The lowest BCUT2D eigenvalue weighted by Gasteiger charge is -2.00. The number of nitrogens with zero attached hydrogens (tertiary/aromatic N) is 1. The quantitative estimate of drug-likeness (QED) is 0.596. The molecule has 0 saturated carbocycles. The molecule has 1 aromatic rings. The van der Waals surface area contributed by atoms with Crippen molar-refractivity contribution >= 4 is 0 Å². The van der Waals surface area contributed by atoms with Gasteiger partial charge in [0.2, 0.25) is 0 Å². The van der Waals surface area contributed by atoms with Crippen molar-refractivity contribution in [3.8, 4) is 0 Å². The van der Waals surface area contributed by atoms with E-state index in [9.17, 15) is 0 Å². The van der Waals surface area contributed by atoms with Crippen molar-refractivity contribution < 1.29 is 0 Å². The van der Waals surface area contributed by atoms with Crippen LogP contribution in [0.15, 0.2) is 18.3 Å². The average molecular weight is 190 g/mol. The van der Waals surface area contributed by atoms with E-state index < -0.39 is 0 Å². The van der Waals surface area contributed by atoms with E-state index in [1.165, 1.54) is 50.5 Å². The molecule has 1 aromatic heterocycles. The van der Waals surface area contributed by atoms with Crippen molar-refractivity contribution in [1.82, 2.24) is 4.98 Å². The molecule has 1 radical (unpaired) electrons. The zero-order valence-electron chi connectivity index (χ0n) is 9.13. The number of hydrogen-bond acceptors (Lipinski definition) is 1. The molecule has 0 fully saturated rings. The summed E-state index contributed by atoms with van der Waals surface area (Å²) in [6.45, 7) is 2.26. The maximum atomic E-state index is 3.89. The van der Waals surface area contributed by atoms with E-state index in [0.29, 0.717) is 0 Å². The molecule has 0 aromatic carbocycles. The van der Waals surface area contributed by atoms with Gasteiger partial charge in [-0.05, 0) is 30.5 Å². The average Bonchev–Trinajstić information content (AvgIpc) is 2.25. The molecule has 0 unspecified atom stereocenters. The van der Waals surface area contributed by atoms with Crippen LogP contribution in [0.4, 0.5) is 0 Å². The third-order valence-corrected chi connectivity index (χ3v) is 2.51. The summed E-state index contributed by atoms with van der Waals surface area (Å²) in [5.74, 6) is 0. The van der Waals surface area contributed by atoms with Crippen LogP contribution >= 0.6 is 0 Å². The van der Waals surface area contributed by atoms with Crippen LogP contribution in [0.25, 0.3) is 0 Å². The zero-order valence-corrected chi connectivity index (χ0v) is 9.13. The standard InChI is InChI=1S/C13H20N/c1-2-3-4-5-6-7-8-13-9-11-14-12-10-13/h9-11H,2-8H2,1H3. The number of rotatable bonds is 7. The van der Waals surface area contributed by atoms with Gasteiger partial charge in [-0.1, -0.05) is 39.0 Å². The van der Waals surface area contributed by atoms with E-state index in [1.807, 2.05) is 12.3 Å². The molecule has 0 N–H and O–H groups in total. The zero-order chi connectivity index (χ0) is 10.1. The van der Waals surface area contributed by atoms with E-state index in [2.05, 4.69) is 24.2 Å². The fourth-order valence-corrected chi connectivity index (χ4v) is 1.61. The van der Waals surface area contributed by atoms with Crippen LogP contribution in [0.3, 0.4) is 0 Å². The maximum absolute atomic E-state index is 3.89. The molecular formula is C13H20N. The third-order valence-electron chi connectivity index (χ3n) is 2.51. The Labute approximate surface area is 87.6 Å². The summed E-state index contributed by atoms with van der Waals surface area (Å²) in [6, 6.07) is 4.08. The van der Waals surface area contributed by atoms with Gasteiger partial charge in [-0.15, -0.1) is 0 Å². The number of aryl methyl sites for hydroxylation is 1. The van der Waals surface area contributed by atoms with Crippen LogP contribution < -0.4 is 0 Å². The summed E-state index contributed by atoms with van der Waals surface area (Å²) >= 11 is 0. The first kappa shape index (κ1) is 11.2. The Bertz CT molecular complexity index is 218. The molecule has 1 nitrogen and oxygen atoms in total. The lowest BCUT2D eigenvalue weighted by Crippen LogP contribution is -1.86. The molecule has 1 heterocycles. The fourth-order valence-electron chi connectivity index (χ4n) is 1.61. The SMILES string of the molecule is CCCCCCCCc1c[c]ncc1. The van der Waals surface area contributed by atoms with Crippen LogP contribution in [0.2, 0.25) is 0 Å². The maximum Gasteiger partial charge on any atom is 0.0888 e. The third kappa shape index (κ3) is 5.00. The Balaban J connectivity index is 1.99. The minimum atomic E-state index is 1.19. The lowest BCUT2D eigenvalue weighted by molar-refractivity contribution is 0.607. The van der Waals surface area contributed by atoms with Gasteiger partial charge < -0.3 is 0 Å². The van der Waals surface area contributed by atoms with Gasteiger partial charge in [0.25, 0.3) is 0 Å². The molecule has 14 heavy (non-hydrogen) atoms. The van der Waals surface area contributed by atoms with Crippen molar-refractivity contribution in [2.24, 2.45) is 0 Å². The Morgan fingerprint density at radius 3 is 2.64 bits per heavy atom. The second-order valence-electron chi connectivity index (χ2n) is 3.81. The molecule has 0 bridgehead atoms. The van der Waals surface area contributed by atoms with E-state index in [0.717, 1.165) is 0 Å². The first-order valence-electron chi connectivity index (χ1n) is 5.74. The normalized spacial score (nSPS) is 10.4. The van der Waals surface area contributed by atoms with E-state index in [1.54, 1.807) is 0 Å². The molecule has 1 rings (SSSR count). The van der Waals surface area contributed by atoms with Crippen LogP contribution in [0.5, 0.6) is 0 Å². The second kappa shape index (κ2) is 7.54. The molecule has 1 heteroatoms. The van der Waals surface area contributed by atoms with E-state index >= 15 is 0 Å². The van der Waals surface area contributed by atoms with Gasteiger partial charge in [-0.25, -0.2) is 0 Å². The summed E-state index contributed by atoms with van der Waals surface area (Å²) in [5, 5.41) is 0. The van der Waals surface area contributed by atoms with Gasteiger partial charge in [0.15, 0.2) is 0 Å². The van der Waals surface area contributed by atoms with Gasteiger partial charge >= 0.3 is 0 Å². The van der Waals surface area contributed by atoms with Crippen molar-refractivity contribution in [2.45, 2.75) is 51.9 Å². The first-order chi connectivity index (χ1) is 6.93. The predicted octanol–water partition coefficient (Wildman–Crippen LogP) is 3.78. The Hall–Kier alpha value is -0.850. The highest BCUT2D eigenvalue weighted by Gasteiger charge is 1.92. The van der Waals surface area contributed by atoms with Crippen molar-refractivity contribution in [3.63, 3.8) is 0 Å². The van der Waals surface area contributed by atoms with Gasteiger partial charge in [0.05, 0.1) is 6.20 Å². The second-order valence-corrected chi connectivity index (χ2v) is 3.81. The van der Waals surface area contributed by atoms with Gasteiger partial charge in [-0.3, -0.25) is 4.98 Å². The predicted molar refractivity (Wildman–Crippen MR) is 60.2 cm³/mol. The van der Waals surface area contributed by atoms with Crippen LogP contribution in [-0.4, -0.2) is 4.98 Å². The Morgan fingerprint density at radius 1 is 1.14 bits per heavy atom. The van der Waals surface area contributed by atoms with Gasteiger partial charge in [-0.2, -0.15) is 0 Å². The molecule has 0 saturated heterocycles. The fraction of sp³-hybridized carbons (Fsp3) is 0.615. The van der Waals surface area contributed by atoms with Gasteiger partial charge in [0.1, 0.15) is 0 Å². The molecule has 77 valence electrons. The number of hydrogen-bond donors (Lipinski definition) is 0. The minimum Gasteiger partial charge on any atom is -0.255 e. The summed E-state index contributed by atoms with van der Waals surface area (Å²) in [6.07, 6.45) is 14.1. The Kier molecular flexibility index (Phi) is 6.05. The van der Waals surface area contributed by atoms with Crippen molar-refractivity contribution in [3.05, 3.63) is 30.1 Å². The number of aromatic nitrogens is 1. The molecular weight excluding hydrogens is 170 g/mol. The molecule has 0 aliphatic heterocycles. The highest BCUT2D eigenvalue weighted by atomic mass is 14.6. The molecule has 0 amide bonds. The summed E-state index contributed by atoms with van der Waals surface area (Å²) < 4.78 is 0. The van der Waals surface area contributed by atoms with Crippen LogP contribution in [-0.2, 0) is 6.42 Å². The monoisotopic (exact) mass is 190 g/mol. The molecule has 0 spiro atoms. The lowest BCUT2D eigenvalue weighted by atomic mass is 10.1. The minimum absolute atomic E-state index is 1.19. The summed E-state index contributed by atoms with van der Waals surface area (Å²) in [7, 11) is 0. The number of pyridine rings is 1. The highest BCUT2D eigenvalue weighted by molar-refractivity contribution is 5.08. The highest BCUT2D eigenvalue weighted by Crippen LogP contribution is 2.08. The first-order valence-corrected chi connectivity index (χ1v) is 5.74. The van der Waals surface area contributed by atoms with Crippen LogP contribution in [0, 0.1) is 6.20 Å².